The van der Waals surface area contributed by atoms with Crippen LogP contribution in [0, 0.1) is 5.41 Å². The number of pyridine rings is 1. The molecule has 2 amide bonds. The molecule has 0 saturated heterocycles. The van der Waals surface area contributed by atoms with Crippen molar-refractivity contribution < 1.29 is 22.7 Å². The van der Waals surface area contributed by atoms with E-state index in [0.29, 0.717) is 35.5 Å². The lowest BCUT2D eigenvalue weighted by Gasteiger charge is -2.22. The van der Waals surface area contributed by atoms with Crippen LogP contribution in [0.4, 0.5) is 4.79 Å². The molecule has 0 fully saturated rings. The molecule has 0 spiro atoms. The molecule has 4 rings (SSSR count). The molecule has 0 aliphatic heterocycles. The number of primary sulfonamides is 1. The normalized spacial score (nSPS) is 11.8. The lowest BCUT2D eigenvalue weighted by molar-refractivity contribution is -0.130. The third-order valence-electron chi connectivity index (χ3n) is 6.75. The van der Waals surface area contributed by atoms with Crippen LogP contribution in [0.1, 0.15) is 42.3 Å². The zero-order valence-corrected chi connectivity index (χ0v) is 24.7. The predicted molar refractivity (Wildman–Crippen MR) is 164 cm³/mol. The molecule has 0 saturated carbocycles. The second-order valence-electron chi connectivity index (χ2n) is 9.83. The highest BCUT2D eigenvalue weighted by Gasteiger charge is 2.18. The Hall–Kier alpha value is -4.87. The number of benzene rings is 3. The van der Waals surface area contributed by atoms with Crippen molar-refractivity contribution in [2.45, 2.75) is 37.8 Å². The lowest BCUT2D eigenvalue weighted by Crippen LogP contribution is -2.33. The van der Waals surface area contributed by atoms with Gasteiger partial charge in [-0.25, -0.2) is 18.4 Å². The van der Waals surface area contributed by atoms with Gasteiger partial charge in [0.1, 0.15) is 11.9 Å². The number of ether oxygens (including phenoxy) is 1. The van der Waals surface area contributed by atoms with Crippen LogP contribution >= 0.6 is 0 Å². The number of nitrogens with zero attached hydrogens (tertiary/aromatic N) is 2. The molecule has 222 valence electrons. The van der Waals surface area contributed by atoms with Crippen LogP contribution in [-0.2, 0) is 32.5 Å². The number of likely N-dealkylation sites (N-methyl/N-ethyl adjacent to an activating group) is 1. The number of nitrogens with one attached hydrogen (secondary N) is 2. The monoisotopic (exact) mass is 599 g/mol. The Bertz CT molecular complexity index is 1710. The Balaban J connectivity index is 1.37. The van der Waals surface area contributed by atoms with Crippen molar-refractivity contribution in [3.63, 3.8) is 0 Å². The number of alkyl carbamates (subject to hydrolysis) is 1. The second kappa shape index (κ2) is 13.9. The van der Waals surface area contributed by atoms with Crippen LogP contribution in [0.25, 0.3) is 11.1 Å². The van der Waals surface area contributed by atoms with E-state index in [1.807, 2.05) is 13.0 Å². The fourth-order valence-corrected chi connectivity index (χ4v) is 5.27. The third kappa shape index (κ3) is 8.34. The van der Waals surface area contributed by atoms with Crippen molar-refractivity contribution >= 4 is 27.9 Å². The standard InChI is InChI=1S/C32H33N5O5S/c1-3-37(30(38)20-23-14-16-25(17-15-23)27-11-4-5-13-29(27)43(34,40)41)21-24-9-8-10-26(19-24)31(33)36-32(39)42-22(2)28-12-6-7-18-35-28/h4-19,22H,3,20-21H2,1-2H3,(H2,33,36,39)(H2,34,40,41). The summed E-state index contributed by atoms with van der Waals surface area (Å²) in [6, 6.07) is 26.0. The number of sulfonamides is 1. The smallest absolute Gasteiger partial charge is 0.413 e. The van der Waals surface area contributed by atoms with Crippen LogP contribution in [0.15, 0.2) is 102 Å². The van der Waals surface area contributed by atoms with Crippen LogP contribution in [0.5, 0.6) is 0 Å². The Morgan fingerprint density at radius 1 is 0.977 bits per heavy atom. The lowest BCUT2D eigenvalue weighted by atomic mass is 10.0. The Labute approximate surface area is 251 Å². The third-order valence-corrected chi connectivity index (χ3v) is 7.72. The molecule has 1 heterocycles. The minimum Gasteiger partial charge on any atom is -0.440 e. The maximum absolute atomic E-state index is 13.2. The van der Waals surface area contributed by atoms with E-state index >= 15 is 0 Å². The molecule has 0 bridgehead atoms. The number of nitrogens with two attached hydrogens (primary N) is 1. The van der Waals surface area contributed by atoms with Crippen LogP contribution in [-0.4, -0.2) is 42.7 Å². The van der Waals surface area contributed by atoms with Crippen molar-refractivity contribution in [1.29, 1.82) is 5.41 Å². The van der Waals surface area contributed by atoms with E-state index < -0.39 is 22.2 Å². The number of carbonyl (C=O) groups is 2. The van der Waals surface area contributed by atoms with Gasteiger partial charge in [0, 0.05) is 30.4 Å². The van der Waals surface area contributed by atoms with Crippen molar-refractivity contribution in [2.24, 2.45) is 5.14 Å². The first-order valence-electron chi connectivity index (χ1n) is 13.6. The van der Waals surface area contributed by atoms with Gasteiger partial charge in [-0.1, -0.05) is 66.7 Å². The summed E-state index contributed by atoms with van der Waals surface area (Å²) in [5, 5.41) is 16.2. The molecule has 1 unspecified atom stereocenters. The predicted octanol–water partition coefficient (Wildman–Crippen LogP) is 4.80. The van der Waals surface area contributed by atoms with Gasteiger partial charge >= 0.3 is 6.09 Å². The zero-order valence-electron chi connectivity index (χ0n) is 23.9. The van der Waals surface area contributed by atoms with Crippen molar-refractivity contribution in [3.8, 4) is 11.1 Å². The van der Waals surface area contributed by atoms with Gasteiger partial charge in [-0.05, 0) is 54.8 Å². The van der Waals surface area contributed by atoms with E-state index in [2.05, 4.69) is 10.3 Å². The van der Waals surface area contributed by atoms with Gasteiger partial charge in [-0.2, -0.15) is 0 Å². The topological polar surface area (TPSA) is 156 Å². The molecular formula is C32H33N5O5S. The summed E-state index contributed by atoms with van der Waals surface area (Å²) in [4.78, 5) is 31.4. The average Bonchev–Trinajstić information content (AvgIpc) is 3.00. The Morgan fingerprint density at radius 2 is 1.70 bits per heavy atom. The molecule has 4 aromatic rings. The second-order valence-corrected chi connectivity index (χ2v) is 11.4. The first kappa shape index (κ1) is 31.1. The number of carbonyl (C=O) groups excluding carboxylic acids is 2. The largest absolute Gasteiger partial charge is 0.440 e. The number of amides is 2. The van der Waals surface area contributed by atoms with E-state index in [9.17, 15) is 18.0 Å². The van der Waals surface area contributed by atoms with E-state index in [-0.39, 0.29) is 23.1 Å². The highest BCUT2D eigenvalue weighted by Crippen LogP contribution is 2.27. The molecule has 43 heavy (non-hydrogen) atoms. The van der Waals surface area contributed by atoms with E-state index in [1.165, 1.54) is 6.07 Å². The van der Waals surface area contributed by atoms with Crippen LogP contribution in [0.3, 0.4) is 0 Å². The Kier molecular flexibility index (Phi) is 10.0. The van der Waals surface area contributed by atoms with Gasteiger partial charge in [-0.3, -0.25) is 20.5 Å². The van der Waals surface area contributed by atoms with Gasteiger partial charge < -0.3 is 9.64 Å². The fraction of sp³-hybridized carbons (Fsp3) is 0.188. The van der Waals surface area contributed by atoms with Gasteiger partial charge in [0.15, 0.2) is 0 Å². The molecule has 11 heteroatoms. The summed E-state index contributed by atoms with van der Waals surface area (Å²) in [6.45, 7) is 4.37. The maximum atomic E-state index is 13.2. The summed E-state index contributed by atoms with van der Waals surface area (Å²) < 4.78 is 29.3. The van der Waals surface area contributed by atoms with E-state index in [0.717, 1.165) is 11.1 Å². The zero-order chi connectivity index (χ0) is 31.0. The molecular weight excluding hydrogens is 566 g/mol. The van der Waals surface area contributed by atoms with Gasteiger partial charge in [0.05, 0.1) is 17.0 Å². The van der Waals surface area contributed by atoms with E-state index in [4.69, 9.17) is 15.3 Å². The molecule has 1 atom stereocenters. The summed E-state index contributed by atoms with van der Waals surface area (Å²) in [6.07, 6.45) is 0.417. The first-order valence-corrected chi connectivity index (χ1v) is 15.1. The minimum absolute atomic E-state index is 0.0393. The number of rotatable bonds is 10. The molecule has 0 aliphatic rings. The first-order chi connectivity index (χ1) is 20.5. The Morgan fingerprint density at radius 3 is 2.37 bits per heavy atom. The maximum Gasteiger partial charge on any atom is 0.413 e. The van der Waals surface area contributed by atoms with Crippen LogP contribution < -0.4 is 10.5 Å². The van der Waals surface area contributed by atoms with Gasteiger partial charge in [-0.15, -0.1) is 0 Å². The summed E-state index contributed by atoms with van der Waals surface area (Å²) in [5.41, 5.74) is 3.81. The summed E-state index contributed by atoms with van der Waals surface area (Å²) in [7, 11) is -3.89. The fourth-order valence-electron chi connectivity index (χ4n) is 4.50. The quantitative estimate of drug-likeness (QED) is 0.176. The number of hydrogen-bond acceptors (Lipinski definition) is 7. The number of hydrogen-bond donors (Lipinski definition) is 3. The molecule has 10 nitrogen and oxygen atoms in total. The molecule has 0 radical (unpaired) electrons. The van der Waals surface area contributed by atoms with Gasteiger partial charge in [0.2, 0.25) is 15.9 Å². The minimum atomic E-state index is -3.89. The van der Waals surface area contributed by atoms with Crippen molar-refractivity contribution in [3.05, 3.63) is 120 Å². The summed E-state index contributed by atoms with van der Waals surface area (Å²) in [5.74, 6) is -0.218. The summed E-state index contributed by atoms with van der Waals surface area (Å²) >= 11 is 0. The van der Waals surface area contributed by atoms with Crippen LogP contribution in [0.2, 0.25) is 0 Å². The number of amidine groups is 1. The van der Waals surface area contributed by atoms with Gasteiger partial charge in [0.25, 0.3) is 0 Å². The van der Waals surface area contributed by atoms with E-state index in [1.54, 1.807) is 96.9 Å². The highest BCUT2D eigenvalue weighted by molar-refractivity contribution is 7.89. The van der Waals surface area contributed by atoms with Crippen molar-refractivity contribution in [2.75, 3.05) is 6.54 Å². The molecule has 4 N–H and O–H groups in total. The number of aromatic nitrogens is 1. The molecule has 0 aliphatic carbocycles. The average molecular weight is 600 g/mol. The highest BCUT2D eigenvalue weighted by atomic mass is 32.2. The molecule has 3 aromatic carbocycles. The molecule has 1 aromatic heterocycles. The van der Waals surface area contributed by atoms with Crippen molar-refractivity contribution in [1.82, 2.24) is 15.2 Å². The SMILES string of the molecule is CCN(Cc1cccc(C(=N)NC(=O)OC(C)c2ccccn2)c1)C(=O)Cc1ccc(-c2ccccc2S(N)(=O)=O)cc1.